The molecule has 0 aromatic heterocycles. The number of carbonyl (C=O) groups excluding carboxylic acids is 1. The van der Waals surface area contributed by atoms with Crippen molar-refractivity contribution in [2.24, 2.45) is 0 Å². The highest BCUT2D eigenvalue weighted by atomic mass is 32.2. The molecule has 0 aliphatic heterocycles. The van der Waals surface area contributed by atoms with Crippen molar-refractivity contribution < 1.29 is 25.0 Å². The smallest absolute Gasteiger partial charge is 0.282 e. The normalized spacial score (nSPS) is 11.2. The van der Waals surface area contributed by atoms with Gasteiger partial charge in [0.1, 0.15) is 11.1 Å². The molecule has 4 N–H and O–H groups in total. The molecule has 0 heterocycles. The van der Waals surface area contributed by atoms with Crippen LogP contribution in [0.2, 0.25) is 0 Å². The summed E-state index contributed by atoms with van der Waals surface area (Å²) in [5.74, 6) is -0.852. The van der Waals surface area contributed by atoms with Gasteiger partial charge >= 0.3 is 0 Å². The van der Waals surface area contributed by atoms with Crippen LogP contribution in [0.5, 0.6) is 0 Å². The lowest BCUT2D eigenvalue weighted by molar-refractivity contribution is -0.385. The Bertz CT molecular complexity index is 524. The van der Waals surface area contributed by atoms with Crippen molar-refractivity contribution in [1.82, 2.24) is 5.32 Å². The SMILES string of the molecule is CSc1ccc([N+](=O)[O-])c(C(=O)NC(CO)(CO)CO)c1. The zero-order chi connectivity index (χ0) is 16.0. The third-order valence-electron chi connectivity index (χ3n) is 2.93. The molecule has 0 saturated heterocycles. The van der Waals surface area contributed by atoms with E-state index in [-0.39, 0.29) is 5.56 Å². The lowest BCUT2D eigenvalue weighted by Crippen LogP contribution is -2.57. The Morgan fingerprint density at radius 2 is 1.90 bits per heavy atom. The van der Waals surface area contributed by atoms with E-state index in [9.17, 15) is 30.2 Å². The van der Waals surface area contributed by atoms with E-state index in [0.717, 1.165) is 0 Å². The topological polar surface area (TPSA) is 133 Å². The third-order valence-corrected chi connectivity index (χ3v) is 3.66. The average Bonchev–Trinajstić information content (AvgIpc) is 2.51. The van der Waals surface area contributed by atoms with Gasteiger partial charge in [0.2, 0.25) is 0 Å². The first-order valence-electron chi connectivity index (χ1n) is 5.90. The van der Waals surface area contributed by atoms with Crippen molar-refractivity contribution in [3.05, 3.63) is 33.9 Å². The summed E-state index contributed by atoms with van der Waals surface area (Å²) in [5.41, 5.74) is -2.24. The Labute approximate surface area is 124 Å². The van der Waals surface area contributed by atoms with Crippen LogP contribution in [0, 0.1) is 10.1 Å². The van der Waals surface area contributed by atoms with E-state index >= 15 is 0 Å². The van der Waals surface area contributed by atoms with Gasteiger partial charge in [-0.05, 0) is 18.4 Å². The number of rotatable bonds is 7. The maximum Gasteiger partial charge on any atom is 0.282 e. The molecule has 0 radical (unpaired) electrons. The summed E-state index contributed by atoms with van der Waals surface area (Å²) in [6, 6.07) is 4.06. The molecule has 0 saturated carbocycles. The van der Waals surface area contributed by atoms with Crippen LogP contribution in [0.1, 0.15) is 10.4 Å². The lowest BCUT2D eigenvalue weighted by atomic mass is 10.0. The van der Waals surface area contributed by atoms with E-state index in [1.807, 2.05) is 0 Å². The quantitative estimate of drug-likeness (QED) is 0.310. The molecule has 0 bridgehead atoms. The van der Waals surface area contributed by atoms with E-state index in [0.29, 0.717) is 4.90 Å². The van der Waals surface area contributed by atoms with Crippen LogP contribution >= 0.6 is 11.8 Å². The molecule has 0 aliphatic carbocycles. The second-order valence-electron chi connectivity index (χ2n) is 4.35. The van der Waals surface area contributed by atoms with Crippen LogP contribution in [0.15, 0.2) is 23.1 Å². The number of benzene rings is 1. The standard InChI is InChI=1S/C12H16N2O6S/c1-21-8-2-3-10(14(19)20)9(4-8)11(18)13-12(5-15,6-16)7-17/h2-4,15-17H,5-7H2,1H3,(H,13,18). The van der Waals surface area contributed by atoms with E-state index < -0.39 is 41.9 Å². The van der Waals surface area contributed by atoms with Gasteiger partial charge in [0.15, 0.2) is 0 Å². The molecule has 0 atom stereocenters. The van der Waals surface area contributed by atoms with Crippen molar-refractivity contribution in [3.8, 4) is 0 Å². The highest BCUT2D eigenvalue weighted by Gasteiger charge is 2.32. The molecule has 0 unspecified atom stereocenters. The molecular formula is C12H16N2O6S. The summed E-state index contributed by atoms with van der Waals surface area (Å²) in [6.07, 6.45) is 1.75. The molecule has 21 heavy (non-hydrogen) atoms. The lowest BCUT2D eigenvalue weighted by Gasteiger charge is -2.28. The number of carbonyl (C=O) groups is 1. The number of nitro benzene ring substituents is 1. The Hall–Kier alpha value is -1.68. The van der Waals surface area contributed by atoms with Crippen LogP contribution in [0.25, 0.3) is 0 Å². The number of nitrogens with zero attached hydrogens (tertiary/aromatic N) is 1. The number of hydrogen-bond donors (Lipinski definition) is 4. The number of hydrogen-bond acceptors (Lipinski definition) is 7. The maximum atomic E-state index is 12.2. The zero-order valence-corrected chi connectivity index (χ0v) is 12.1. The van der Waals surface area contributed by atoms with Gasteiger partial charge in [-0.25, -0.2) is 0 Å². The molecule has 0 aliphatic rings. The van der Waals surface area contributed by atoms with Crippen LogP contribution < -0.4 is 5.32 Å². The highest BCUT2D eigenvalue weighted by molar-refractivity contribution is 7.98. The van der Waals surface area contributed by atoms with Gasteiger partial charge in [-0.15, -0.1) is 11.8 Å². The minimum absolute atomic E-state index is 0.202. The molecule has 1 aromatic rings. The van der Waals surface area contributed by atoms with Crippen molar-refractivity contribution >= 4 is 23.4 Å². The average molecular weight is 316 g/mol. The number of thioether (sulfide) groups is 1. The molecule has 8 nitrogen and oxygen atoms in total. The minimum atomic E-state index is -1.64. The number of nitrogens with one attached hydrogen (secondary N) is 1. The van der Waals surface area contributed by atoms with Crippen molar-refractivity contribution in [2.45, 2.75) is 10.4 Å². The Kier molecular flexibility index (Phi) is 6.09. The van der Waals surface area contributed by atoms with Crippen LogP contribution in [0.4, 0.5) is 5.69 Å². The van der Waals surface area contributed by atoms with Crippen LogP contribution in [-0.4, -0.2) is 57.8 Å². The van der Waals surface area contributed by atoms with E-state index in [2.05, 4.69) is 5.32 Å². The summed E-state index contributed by atoms with van der Waals surface area (Å²) in [7, 11) is 0. The zero-order valence-electron chi connectivity index (χ0n) is 11.3. The van der Waals surface area contributed by atoms with Gasteiger partial charge in [0.05, 0.1) is 24.7 Å². The number of nitro groups is 1. The fraction of sp³-hybridized carbons (Fsp3) is 0.417. The fourth-order valence-corrected chi connectivity index (χ4v) is 2.00. The summed E-state index contributed by atoms with van der Waals surface area (Å²) in [6.45, 7) is -2.12. The summed E-state index contributed by atoms with van der Waals surface area (Å²) < 4.78 is 0. The first-order chi connectivity index (χ1) is 9.92. The number of aliphatic hydroxyl groups excluding tert-OH is 3. The first-order valence-corrected chi connectivity index (χ1v) is 7.13. The van der Waals surface area contributed by atoms with E-state index in [4.69, 9.17) is 0 Å². The highest BCUT2D eigenvalue weighted by Crippen LogP contribution is 2.25. The second-order valence-corrected chi connectivity index (χ2v) is 5.23. The number of amides is 1. The van der Waals surface area contributed by atoms with Gasteiger partial charge in [-0.3, -0.25) is 14.9 Å². The van der Waals surface area contributed by atoms with E-state index in [1.165, 1.54) is 30.0 Å². The molecular weight excluding hydrogens is 300 g/mol. The Balaban J connectivity index is 3.19. The fourth-order valence-electron chi connectivity index (χ4n) is 1.56. The summed E-state index contributed by atoms with van der Waals surface area (Å²) in [5, 5.41) is 40.7. The molecule has 1 rings (SSSR count). The van der Waals surface area contributed by atoms with Gasteiger partial charge in [-0.2, -0.15) is 0 Å². The molecule has 1 amide bonds. The first kappa shape index (κ1) is 17.4. The predicted octanol–water partition coefficient (Wildman–Crippen LogP) is -0.238. The maximum absolute atomic E-state index is 12.2. The molecule has 116 valence electrons. The van der Waals surface area contributed by atoms with Crippen molar-refractivity contribution in [3.63, 3.8) is 0 Å². The van der Waals surface area contributed by atoms with Gasteiger partial charge in [0.25, 0.3) is 11.6 Å². The van der Waals surface area contributed by atoms with Gasteiger partial charge in [-0.1, -0.05) is 0 Å². The predicted molar refractivity (Wildman–Crippen MR) is 76.3 cm³/mol. The molecule has 9 heteroatoms. The van der Waals surface area contributed by atoms with Crippen molar-refractivity contribution in [2.75, 3.05) is 26.1 Å². The molecule has 0 spiro atoms. The van der Waals surface area contributed by atoms with Crippen LogP contribution in [0.3, 0.4) is 0 Å². The Morgan fingerprint density at radius 3 is 2.33 bits per heavy atom. The second kappa shape index (κ2) is 7.36. The largest absolute Gasteiger partial charge is 0.394 e. The summed E-state index contributed by atoms with van der Waals surface area (Å²) >= 11 is 1.31. The molecule has 1 aromatic carbocycles. The minimum Gasteiger partial charge on any atom is -0.394 e. The molecule has 0 fully saturated rings. The monoisotopic (exact) mass is 316 g/mol. The third kappa shape index (κ3) is 3.91. The van der Waals surface area contributed by atoms with E-state index in [1.54, 1.807) is 6.26 Å². The Morgan fingerprint density at radius 1 is 1.33 bits per heavy atom. The van der Waals surface area contributed by atoms with Gasteiger partial charge < -0.3 is 20.6 Å². The van der Waals surface area contributed by atoms with Crippen LogP contribution in [-0.2, 0) is 0 Å². The summed E-state index contributed by atoms with van der Waals surface area (Å²) in [4.78, 5) is 23.1. The van der Waals surface area contributed by atoms with Crippen molar-refractivity contribution in [1.29, 1.82) is 0 Å². The number of aliphatic hydroxyl groups is 3. The van der Waals surface area contributed by atoms with Gasteiger partial charge in [0, 0.05) is 11.0 Å².